The van der Waals surface area contributed by atoms with Crippen molar-refractivity contribution in [1.29, 1.82) is 0 Å². The van der Waals surface area contributed by atoms with Crippen LogP contribution in [-0.4, -0.2) is 15.0 Å². The molecule has 1 aromatic heterocycles. The summed E-state index contributed by atoms with van der Waals surface area (Å²) in [5.41, 5.74) is 7.56. The minimum atomic E-state index is 0.645. The predicted octanol–water partition coefficient (Wildman–Crippen LogP) is 11.7. The van der Waals surface area contributed by atoms with Crippen LogP contribution >= 0.6 is 0 Å². The van der Waals surface area contributed by atoms with Crippen LogP contribution in [0.3, 0.4) is 0 Å². The average molecular weight is 612 g/mol. The molecule has 1 heterocycles. The fourth-order valence-electron chi connectivity index (χ4n) is 6.56. The lowest BCUT2D eigenvalue weighted by molar-refractivity contribution is 1.08. The van der Waals surface area contributed by atoms with Crippen molar-refractivity contribution in [1.82, 2.24) is 15.0 Å². The number of hydrogen-bond donors (Lipinski definition) is 0. The fraction of sp³-hybridized carbons (Fsp3) is 0. The summed E-state index contributed by atoms with van der Waals surface area (Å²) in [6, 6.07) is 61.8. The number of rotatable bonds is 5. The summed E-state index contributed by atoms with van der Waals surface area (Å²) < 4.78 is 0. The molecule has 0 saturated heterocycles. The molecule has 8 aromatic carbocycles. The lowest BCUT2D eigenvalue weighted by atomic mass is 9.98. The smallest absolute Gasteiger partial charge is 0.164 e. The van der Waals surface area contributed by atoms with E-state index in [9.17, 15) is 0 Å². The maximum absolute atomic E-state index is 5.06. The van der Waals surface area contributed by atoms with E-state index in [1.165, 1.54) is 38.2 Å². The Morgan fingerprint density at radius 2 is 0.688 bits per heavy atom. The van der Waals surface area contributed by atoms with E-state index < -0.39 is 0 Å². The minimum absolute atomic E-state index is 0.645. The van der Waals surface area contributed by atoms with Crippen molar-refractivity contribution in [2.24, 2.45) is 0 Å². The number of aromatic nitrogens is 3. The van der Waals surface area contributed by atoms with Crippen molar-refractivity contribution in [3.05, 3.63) is 176 Å². The molecule has 0 unspecified atom stereocenters. The fourth-order valence-corrected chi connectivity index (χ4v) is 6.56. The summed E-state index contributed by atoms with van der Waals surface area (Å²) in [6.07, 6.45) is 0. The van der Waals surface area contributed by atoms with Gasteiger partial charge in [0.25, 0.3) is 0 Å². The minimum Gasteiger partial charge on any atom is -0.208 e. The van der Waals surface area contributed by atoms with E-state index in [1.54, 1.807) is 0 Å². The maximum Gasteiger partial charge on any atom is 0.164 e. The van der Waals surface area contributed by atoms with E-state index in [0.29, 0.717) is 17.5 Å². The molecule has 0 aliphatic carbocycles. The van der Waals surface area contributed by atoms with Gasteiger partial charge < -0.3 is 0 Å². The summed E-state index contributed by atoms with van der Waals surface area (Å²) in [6.45, 7) is 0. The van der Waals surface area contributed by atoms with Crippen LogP contribution in [0.5, 0.6) is 0 Å². The Morgan fingerprint density at radius 3 is 1.44 bits per heavy atom. The molecule has 0 atom stereocenters. The van der Waals surface area contributed by atoms with E-state index in [2.05, 4.69) is 170 Å². The Kier molecular flexibility index (Phi) is 6.80. The molecule has 9 rings (SSSR count). The molecule has 0 N–H and O–H groups in total. The first-order chi connectivity index (χ1) is 23.7. The van der Waals surface area contributed by atoms with Gasteiger partial charge in [0, 0.05) is 16.7 Å². The number of benzene rings is 8. The highest BCUT2D eigenvalue weighted by Crippen LogP contribution is 2.32. The second-order valence-corrected chi connectivity index (χ2v) is 12.1. The molecule has 0 bridgehead atoms. The summed E-state index contributed by atoms with van der Waals surface area (Å²) in [5.74, 6) is 1.95. The standard InChI is InChI=1S/C45H29N3/c1-2-9-30(10-3-1)36-14-8-15-37(27-36)32-17-21-34(22-18-32)43-46-44(39-24-19-31-11-4-5-13-35(31)28-39)48-45(47-43)40-25-26-42-38(29-40)23-20-33-12-6-7-16-41(33)42/h1-29H. The first kappa shape index (κ1) is 27.8. The van der Waals surface area contributed by atoms with Gasteiger partial charge in [0.15, 0.2) is 17.5 Å². The quantitative estimate of drug-likeness (QED) is 0.182. The first-order valence-electron chi connectivity index (χ1n) is 16.2. The van der Waals surface area contributed by atoms with Gasteiger partial charge in [-0.15, -0.1) is 0 Å². The third-order valence-corrected chi connectivity index (χ3v) is 9.09. The molecule has 48 heavy (non-hydrogen) atoms. The van der Waals surface area contributed by atoms with E-state index in [1.807, 2.05) is 6.07 Å². The topological polar surface area (TPSA) is 38.7 Å². The Hall–Kier alpha value is -6.45. The summed E-state index contributed by atoms with van der Waals surface area (Å²) in [7, 11) is 0. The predicted molar refractivity (Wildman–Crippen MR) is 200 cm³/mol. The van der Waals surface area contributed by atoms with Crippen molar-refractivity contribution in [3.63, 3.8) is 0 Å². The molecule has 9 aromatic rings. The van der Waals surface area contributed by atoms with Crippen molar-refractivity contribution < 1.29 is 0 Å². The largest absolute Gasteiger partial charge is 0.208 e. The Morgan fingerprint density at radius 1 is 0.229 bits per heavy atom. The molecule has 3 nitrogen and oxygen atoms in total. The van der Waals surface area contributed by atoms with Crippen LogP contribution in [-0.2, 0) is 0 Å². The van der Waals surface area contributed by atoms with E-state index >= 15 is 0 Å². The zero-order valence-electron chi connectivity index (χ0n) is 26.1. The van der Waals surface area contributed by atoms with Gasteiger partial charge in [-0.05, 0) is 72.8 Å². The number of nitrogens with zero attached hydrogens (tertiary/aromatic N) is 3. The van der Waals surface area contributed by atoms with Gasteiger partial charge in [-0.3, -0.25) is 0 Å². The zero-order valence-corrected chi connectivity index (χ0v) is 26.1. The Labute approximate surface area is 278 Å². The molecular weight excluding hydrogens is 583 g/mol. The second-order valence-electron chi connectivity index (χ2n) is 12.1. The van der Waals surface area contributed by atoms with E-state index in [4.69, 9.17) is 15.0 Å². The normalized spacial score (nSPS) is 11.3. The average Bonchev–Trinajstić information content (AvgIpc) is 3.17. The molecule has 3 heteroatoms. The Balaban J connectivity index is 1.15. The molecule has 0 spiro atoms. The Bertz CT molecular complexity index is 2610. The monoisotopic (exact) mass is 611 g/mol. The highest BCUT2D eigenvalue weighted by molar-refractivity contribution is 6.08. The third-order valence-electron chi connectivity index (χ3n) is 9.09. The van der Waals surface area contributed by atoms with E-state index in [0.717, 1.165) is 33.0 Å². The van der Waals surface area contributed by atoms with Crippen LogP contribution in [0, 0.1) is 0 Å². The molecule has 0 fully saturated rings. The van der Waals surface area contributed by atoms with Crippen LogP contribution in [0.2, 0.25) is 0 Å². The molecule has 224 valence electrons. The van der Waals surface area contributed by atoms with Gasteiger partial charge >= 0.3 is 0 Å². The highest BCUT2D eigenvalue weighted by Gasteiger charge is 2.14. The van der Waals surface area contributed by atoms with Crippen LogP contribution < -0.4 is 0 Å². The number of hydrogen-bond acceptors (Lipinski definition) is 3. The van der Waals surface area contributed by atoms with Crippen LogP contribution in [0.1, 0.15) is 0 Å². The summed E-state index contributed by atoms with van der Waals surface area (Å²) in [4.78, 5) is 15.2. The molecule has 0 radical (unpaired) electrons. The van der Waals surface area contributed by atoms with Crippen molar-refractivity contribution in [3.8, 4) is 56.4 Å². The van der Waals surface area contributed by atoms with E-state index in [-0.39, 0.29) is 0 Å². The van der Waals surface area contributed by atoms with Gasteiger partial charge in [0.1, 0.15) is 0 Å². The molecule has 0 saturated carbocycles. The van der Waals surface area contributed by atoms with Gasteiger partial charge in [-0.1, -0.05) is 158 Å². The summed E-state index contributed by atoms with van der Waals surface area (Å²) >= 11 is 0. The van der Waals surface area contributed by atoms with Gasteiger partial charge in [-0.2, -0.15) is 0 Å². The summed E-state index contributed by atoms with van der Waals surface area (Å²) in [5, 5.41) is 7.18. The third kappa shape index (κ3) is 5.18. The van der Waals surface area contributed by atoms with Crippen molar-refractivity contribution in [2.45, 2.75) is 0 Å². The first-order valence-corrected chi connectivity index (χ1v) is 16.2. The van der Waals surface area contributed by atoms with Crippen LogP contribution in [0.4, 0.5) is 0 Å². The lowest BCUT2D eigenvalue weighted by Crippen LogP contribution is -2.00. The highest BCUT2D eigenvalue weighted by atomic mass is 15.0. The van der Waals surface area contributed by atoms with Crippen LogP contribution in [0.15, 0.2) is 176 Å². The van der Waals surface area contributed by atoms with Gasteiger partial charge in [0.05, 0.1) is 0 Å². The van der Waals surface area contributed by atoms with Crippen LogP contribution in [0.25, 0.3) is 88.7 Å². The van der Waals surface area contributed by atoms with Gasteiger partial charge in [0.2, 0.25) is 0 Å². The molecule has 0 aliphatic rings. The zero-order chi connectivity index (χ0) is 31.9. The van der Waals surface area contributed by atoms with Crippen molar-refractivity contribution in [2.75, 3.05) is 0 Å². The molecule has 0 amide bonds. The van der Waals surface area contributed by atoms with Crippen molar-refractivity contribution >= 4 is 32.3 Å². The molecule has 0 aliphatic heterocycles. The maximum atomic E-state index is 5.06. The second kappa shape index (κ2) is 11.7. The lowest BCUT2D eigenvalue weighted by Gasteiger charge is -2.11. The van der Waals surface area contributed by atoms with Gasteiger partial charge in [-0.25, -0.2) is 15.0 Å². The molecular formula is C45H29N3. The SMILES string of the molecule is c1ccc(-c2cccc(-c3ccc(-c4nc(-c5ccc6ccccc6c5)nc(-c5ccc6c(ccc7ccccc76)c5)n4)cc3)c2)cc1. The number of fused-ring (bicyclic) bond motifs is 4.